The van der Waals surface area contributed by atoms with Crippen molar-refractivity contribution in [1.82, 2.24) is 14.5 Å². The summed E-state index contributed by atoms with van der Waals surface area (Å²) in [5, 5.41) is 0. The fraction of sp³-hybridized carbons (Fsp3) is 0. The number of hydrogen-bond donors (Lipinski definition) is 0. The number of aromatic nitrogens is 3. The fourth-order valence-electron chi connectivity index (χ4n) is 2.66. The highest BCUT2D eigenvalue weighted by atomic mass is 35.5. The van der Waals surface area contributed by atoms with Crippen molar-refractivity contribution in [1.29, 1.82) is 0 Å². The Morgan fingerprint density at radius 2 is 1.60 bits per heavy atom. The fourth-order valence-corrected chi connectivity index (χ4v) is 2.66. The van der Waals surface area contributed by atoms with Gasteiger partial charge < -0.3 is 0 Å². The van der Waals surface area contributed by atoms with Crippen molar-refractivity contribution in [3.05, 3.63) is 90.1 Å². The number of fused-ring (bicyclic) bond motifs is 1. The SMILES string of the molecule is Cl.Fc1ccccc1C=Cc1nc2ccccc2n1-c1ccccn1. The second kappa shape index (κ2) is 7.28. The van der Waals surface area contributed by atoms with E-state index in [0.29, 0.717) is 11.4 Å². The van der Waals surface area contributed by atoms with E-state index in [1.165, 1.54) is 6.07 Å². The predicted octanol–water partition coefficient (Wildman–Crippen LogP) is 5.15. The Labute approximate surface area is 150 Å². The molecule has 0 unspecified atom stereocenters. The van der Waals surface area contributed by atoms with E-state index in [-0.39, 0.29) is 18.2 Å². The van der Waals surface area contributed by atoms with E-state index < -0.39 is 0 Å². The molecular formula is C20H15ClFN3. The van der Waals surface area contributed by atoms with E-state index in [9.17, 15) is 4.39 Å². The average molecular weight is 352 g/mol. The van der Waals surface area contributed by atoms with E-state index >= 15 is 0 Å². The summed E-state index contributed by atoms with van der Waals surface area (Å²) in [6.07, 6.45) is 5.29. The lowest BCUT2D eigenvalue weighted by Crippen LogP contribution is -1.99. The Bertz CT molecular complexity index is 1030. The van der Waals surface area contributed by atoms with Gasteiger partial charge in [0, 0.05) is 11.8 Å². The van der Waals surface area contributed by atoms with Gasteiger partial charge in [0.2, 0.25) is 0 Å². The number of benzene rings is 2. The Hall–Kier alpha value is -2.98. The summed E-state index contributed by atoms with van der Waals surface area (Å²) in [4.78, 5) is 9.07. The average Bonchev–Trinajstić information content (AvgIpc) is 3.00. The lowest BCUT2D eigenvalue weighted by Gasteiger charge is -2.05. The number of pyridine rings is 1. The molecule has 0 atom stereocenters. The molecule has 3 nitrogen and oxygen atoms in total. The molecule has 4 aromatic rings. The van der Waals surface area contributed by atoms with Crippen LogP contribution in [0.1, 0.15) is 11.4 Å². The van der Waals surface area contributed by atoms with Gasteiger partial charge in [-0.25, -0.2) is 14.4 Å². The first-order valence-electron chi connectivity index (χ1n) is 7.64. The second-order valence-corrected chi connectivity index (χ2v) is 5.34. The molecule has 0 saturated carbocycles. The van der Waals surface area contributed by atoms with Crippen LogP contribution in [0, 0.1) is 5.82 Å². The topological polar surface area (TPSA) is 30.7 Å². The van der Waals surface area contributed by atoms with Crippen molar-refractivity contribution < 1.29 is 4.39 Å². The van der Waals surface area contributed by atoms with Crippen molar-refractivity contribution in [2.45, 2.75) is 0 Å². The van der Waals surface area contributed by atoms with Gasteiger partial charge in [0.15, 0.2) is 0 Å². The zero-order valence-corrected chi connectivity index (χ0v) is 14.0. The van der Waals surface area contributed by atoms with Gasteiger partial charge in [-0.1, -0.05) is 36.4 Å². The Morgan fingerprint density at radius 1 is 0.840 bits per heavy atom. The lowest BCUT2D eigenvalue weighted by atomic mass is 10.2. The van der Waals surface area contributed by atoms with E-state index in [1.54, 1.807) is 24.4 Å². The third kappa shape index (κ3) is 3.30. The number of hydrogen-bond acceptors (Lipinski definition) is 2. The van der Waals surface area contributed by atoms with Crippen LogP contribution in [0.15, 0.2) is 72.9 Å². The van der Waals surface area contributed by atoms with Crippen molar-refractivity contribution in [2.75, 3.05) is 0 Å². The van der Waals surface area contributed by atoms with E-state index in [1.807, 2.05) is 59.2 Å². The maximum Gasteiger partial charge on any atom is 0.139 e. The van der Waals surface area contributed by atoms with Gasteiger partial charge in [-0.3, -0.25) is 4.57 Å². The number of halogens is 2. The molecule has 5 heteroatoms. The summed E-state index contributed by atoms with van der Waals surface area (Å²) in [6.45, 7) is 0. The molecule has 0 amide bonds. The van der Waals surface area contributed by atoms with Crippen LogP contribution >= 0.6 is 12.4 Å². The smallest absolute Gasteiger partial charge is 0.139 e. The molecule has 0 spiro atoms. The minimum atomic E-state index is -0.255. The molecule has 25 heavy (non-hydrogen) atoms. The summed E-state index contributed by atoms with van der Waals surface area (Å²) >= 11 is 0. The van der Waals surface area contributed by atoms with Crippen molar-refractivity contribution >= 4 is 35.6 Å². The molecule has 0 saturated heterocycles. The molecule has 0 fully saturated rings. The summed E-state index contributed by atoms with van der Waals surface area (Å²) in [5.74, 6) is 1.23. The third-order valence-electron chi connectivity index (χ3n) is 3.78. The molecule has 0 radical (unpaired) electrons. The highest BCUT2D eigenvalue weighted by molar-refractivity contribution is 5.85. The van der Waals surface area contributed by atoms with Gasteiger partial charge >= 0.3 is 0 Å². The highest BCUT2D eigenvalue weighted by Gasteiger charge is 2.10. The molecule has 0 aliphatic carbocycles. The van der Waals surface area contributed by atoms with Gasteiger partial charge in [-0.05, 0) is 42.5 Å². The molecular weight excluding hydrogens is 337 g/mol. The second-order valence-electron chi connectivity index (χ2n) is 5.34. The Morgan fingerprint density at radius 3 is 2.40 bits per heavy atom. The van der Waals surface area contributed by atoms with Gasteiger partial charge in [-0.15, -0.1) is 12.4 Å². The third-order valence-corrected chi connectivity index (χ3v) is 3.78. The van der Waals surface area contributed by atoms with Gasteiger partial charge in [0.1, 0.15) is 17.5 Å². The van der Waals surface area contributed by atoms with Crippen LogP contribution in [0.3, 0.4) is 0 Å². The summed E-state index contributed by atoms with van der Waals surface area (Å²) in [6, 6.07) is 20.3. The van der Waals surface area contributed by atoms with Crippen molar-refractivity contribution in [3.8, 4) is 5.82 Å². The first-order chi connectivity index (χ1) is 11.8. The Kier molecular flexibility index (Phi) is 4.91. The first-order valence-corrected chi connectivity index (χ1v) is 7.64. The van der Waals surface area contributed by atoms with E-state index in [2.05, 4.69) is 9.97 Å². The standard InChI is InChI=1S/C20H14FN3.ClH/c21-16-8-2-1-7-15(16)12-13-20-23-17-9-3-4-10-18(17)24(20)19-11-5-6-14-22-19;/h1-14H;1H. The first kappa shape index (κ1) is 16.9. The summed E-state index contributed by atoms with van der Waals surface area (Å²) in [7, 11) is 0. The molecule has 2 aromatic heterocycles. The summed E-state index contributed by atoms with van der Waals surface area (Å²) in [5.41, 5.74) is 2.36. The molecule has 0 bridgehead atoms. The molecule has 4 rings (SSSR count). The zero-order chi connectivity index (χ0) is 16.4. The van der Waals surface area contributed by atoms with Crippen LogP contribution in [-0.4, -0.2) is 14.5 Å². The zero-order valence-electron chi connectivity index (χ0n) is 13.2. The normalized spacial score (nSPS) is 10.9. The van der Waals surface area contributed by atoms with Gasteiger partial charge in [0.25, 0.3) is 0 Å². The Balaban J connectivity index is 0.00000182. The van der Waals surface area contributed by atoms with Crippen molar-refractivity contribution in [2.24, 2.45) is 0 Å². The van der Waals surface area contributed by atoms with Crippen LogP contribution in [0.5, 0.6) is 0 Å². The minimum Gasteiger partial charge on any atom is -0.277 e. The van der Waals surface area contributed by atoms with Crippen LogP contribution in [0.25, 0.3) is 29.0 Å². The molecule has 2 heterocycles. The van der Waals surface area contributed by atoms with Crippen LogP contribution in [0.4, 0.5) is 4.39 Å². The van der Waals surface area contributed by atoms with Crippen LogP contribution in [-0.2, 0) is 0 Å². The highest BCUT2D eigenvalue weighted by Crippen LogP contribution is 2.22. The number of nitrogens with zero attached hydrogens (tertiary/aromatic N) is 3. The molecule has 0 N–H and O–H groups in total. The lowest BCUT2D eigenvalue weighted by molar-refractivity contribution is 0.625. The predicted molar refractivity (Wildman–Crippen MR) is 101 cm³/mol. The van der Waals surface area contributed by atoms with Gasteiger partial charge in [-0.2, -0.15) is 0 Å². The number of imidazole rings is 1. The maximum absolute atomic E-state index is 13.8. The molecule has 124 valence electrons. The van der Waals surface area contributed by atoms with Crippen molar-refractivity contribution in [3.63, 3.8) is 0 Å². The maximum atomic E-state index is 13.8. The largest absolute Gasteiger partial charge is 0.277 e. The molecule has 2 aromatic carbocycles. The molecule has 0 aliphatic rings. The van der Waals surface area contributed by atoms with Crippen LogP contribution in [0.2, 0.25) is 0 Å². The molecule has 0 aliphatic heterocycles. The van der Waals surface area contributed by atoms with E-state index in [0.717, 1.165) is 16.9 Å². The summed E-state index contributed by atoms with van der Waals surface area (Å²) < 4.78 is 15.8. The van der Waals surface area contributed by atoms with E-state index in [4.69, 9.17) is 0 Å². The monoisotopic (exact) mass is 351 g/mol. The minimum absolute atomic E-state index is 0. The number of rotatable bonds is 3. The van der Waals surface area contributed by atoms with Gasteiger partial charge in [0.05, 0.1) is 11.0 Å². The quantitative estimate of drug-likeness (QED) is 0.511. The number of para-hydroxylation sites is 2. The van der Waals surface area contributed by atoms with Crippen LogP contribution < -0.4 is 0 Å².